The van der Waals surface area contributed by atoms with Crippen LogP contribution in [0.1, 0.15) is 37.7 Å². The monoisotopic (exact) mass is 402 g/mol. The van der Waals surface area contributed by atoms with Crippen LogP contribution in [0.2, 0.25) is 5.02 Å². The number of carbonyl (C=O) groups excluding carboxylic acids is 1. The first-order valence-corrected chi connectivity index (χ1v) is 10.7. The van der Waals surface area contributed by atoms with Gasteiger partial charge >= 0.3 is 0 Å². The Morgan fingerprint density at radius 1 is 1.37 bits per heavy atom. The minimum Gasteiger partial charge on any atom is -0.337 e. The summed E-state index contributed by atoms with van der Waals surface area (Å²) < 4.78 is 3.12. The van der Waals surface area contributed by atoms with E-state index >= 15 is 0 Å². The van der Waals surface area contributed by atoms with Crippen LogP contribution in [0, 0.1) is 12.8 Å². The van der Waals surface area contributed by atoms with E-state index in [0.29, 0.717) is 11.6 Å². The van der Waals surface area contributed by atoms with E-state index in [4.69, 9.17) is 16.6 Å². The van der Waals surface area contributed by atoms with Crippen molar-refractivity contribution in [2.45, 2.75) is 45.6 Å². The van der Waals surface area contributed by atoms with Gasteiger partial charge in [0.25, 0.3) is 0 Å². The Morgan fingerprint density at radius 2 is 2.19 bits per heavy atom. The SMILES string of the molecule is Cc1c(Cl)ccc2sc(N(CCCn3ccnc3)C(=O)C3CCCC3)nc12. The number of fused-ring (bicyclic) bond motifs is 1. The van der Waals surface area contributed by atoms with Gasteiger partial charge in [-0.25, -0.2) is 9.97 Å². The highest BCUT2D eigenvalue weighted by atomic mass is 35.5. The van der Waals surface area contributed by atoms with Crippen molar-refractivity contribution < 1.29 is 4.79 Å². The van der Waals surface area contributed by atoms with Gasteiger partial charge in [0.15, 0.2) is 5.13 Å². The summed E-state index contributed by atoms with van der Waals surface area (Å²) >= 11 is 7.84. The van der Waals surface area contributed by atoms with Crippen molar-refractivity contribution in [1.29, 1.82) is 0 Å². The third-order valence-corrected chi connectivity index (χ3v) is 6.75. The fourth-order valence-electron chi connectivity index (χ4n) is 3.73. The summed E-state index contributed by atoms with van der Waals surface area (Å²) in [6.45, 7) is 3.49. The van der Waals surface area contributed by atoms with E-state index in [0.717, 1.165) is 59.6 Å². The maximum Gasteiger partial charge on any atom is 0.231 e. The third-order valence-electron chi connectivity index (χ3n) is 5.30. The number of imidazole rings is 1. The molecule has 0 bridgehead atoms. The molecule has 2 aromatic heterocycles. The van der Waals surface area contributed by atoms with E-state index in [2.05, 4.69) is 4.98 Å². The van der Waals surface area contributed by atoms with Gasteiger partial charge < -0.3 is 4.57 Å². The number of thiazole rings is 1. The molecule has 1 aliphatic rings. The number of anilines is 1. The Bertz CT molecular complexity index is 931. The zero-order chi connectivity index (χ0) is 18.8. The van der Waals surface area contributed by atoms with Crippen molar-refractivity contribution in [3.8, 4) is 0 Å². The second-order valence-corrected chi connectivity index (χ2v) is 8.56. The highest BCUT2D eigenvalue weighted by molar-refractivity contribution is 7.22. The van der Waals surface area contributed by atoms with Crippen LogP contribution < -0.4 is 4.90 Å². The molecule has 0 spiro atoms. The second kappa shape index (κ2) is 7.98. The van der Waals surface area contributed by atoms with Crippen LogP contribution in [0.15, 0.2) is 30.9 Å². The zero-order valence-electron chi connectivity index (χ0n) is 15.4. The number of nitrogens with zero attached hydrogens (tertiary/aromatic N) is 4. The van der Waals surface area contributed by atoms with E-state index in [1.54, 1.807) is 17.5 Å². The van der Waals surface area contributed by atoms with Gasteiger partial charge in [-0.05, 0) is 43.9 Å². The largest absolute Gasteiger partial charge is 0.337 e. The molecule has 1 fully saturated rings. The first kappa shape index (κ1) is 18.4. The molecular formula is C20H23ClN4OS. The van der Waals surface area contributed by atoms with Gasteiger partial charge in [0.1, 0.15) is 0 Å². The highest BCUT2D eigenvalue weighted by Crippen LogP contribution is 2.35. The Morgan fingerprint density at radius 3 is 2.93 bits per heavy atom. The van der Waals surface area contributed by atoms with Gasteiger partial charge in [-0.15, -0.1) is 0 Å². The number of rotatable bonds is 6. The van der Waals surface area contributed by atoms with E-state index in [1.165, 1.54) is 0 Å². The molecule has 0 atom stereocenters. The number of benzene rings is 1. The normalized spacial score (nSPS) is 14.9. The van der Waals surface area contributed by atoms with Crippen molar-refractivity contribution in [3.63, 3.8) is 0 Å². The van der Waals surface area contributed by atoms with E-state index < -0.39 is 0 Å². The van der Waals surface area contributed by atoms with Crippen molar-refractivity contribution in [2.75, 3.05) is 11.4 Å². The van der Waals surface area contributed by atoms with Crippen LogP contribution in [0.25, 0.3) is 10.2 Å². The predicted octanol–water partition coefficient (Wildman–Crippen LogP) is 5.07. The Hall–Kier alpha value is -1.92. The molecule has 1 aliphatic carbocycles. The molecule has 1 aromatic carbocycles. The quantitative estimate of drug-likeness (QED) is 0.578. The number of halogens is 1. The molecule has 142 valence electrons. The summed E-state index contributed by atoms with van der Waals surface area (Å²) in [5, 5.41) is 1.51. The van der Waals surface area contributed by atoms with Crippen LogP contribution in [0.3, 0.4) is 0 Å². The number of amides is 1. The molecule has 2 heterocycles. The average molecular weight is 403 g/mol. The first-order chi connectivity index (χ1) is 13.1. The van der Waals surface area contributed by atoms with Crippen LogP contribution in [0.4, 0.5) is 5.13 Å². The number of hydrogen-bond acceptors (Lipinski definition) is 4. The lowest BCUT2D eigenvalue weighted by Crippen LogP contribution is -2.36. The van der Waals surface area contributed by atoms with Crippen molar-refractivity contribution in [2.24, 2.45) is 5.92 Å². The fourth-order valence-corrected chi connectivity index (χ4v) is 4.94. The van der Waals surface area contributed by atoms with Crippen LogP contribution in [-0.2, 0) is 11.3 Å². The molecule has 7 heteroatoms. The number of hydrogen-bond donors (Lipinski definition) is 0. The van der Waals surface area contributed by atoms with Crippen molar-refractivity contribution >= 4 is 44.2 Å². The minimum atomic E-state index is 0.134. The van der Waals surface area contributed by atoms with Gasteiger partial charge in [-0.3, -0.25) is 9.69 Å². The lowest BCUT2D eigenvalue weighted by atomic mass is 10.1. The van der Waals surface area contributed by atoms with Gasteiger partial charge in [0.2, 0.25) is 5.91 Å². The molecule has 3 aromatic rings. The fraction of sp³-hybridized carbons (Fsp3) is 0.450. The Labute approximate surface area is 168 Å². The summed E-state index contributed by atoms with van der Waals surface area (Å²) in [6.07, 6.45) is 10.7. The second-order valence-electron chi connectivity index (χ2n) is 7.14. The molecule has 0 N–H and O–H groups in total. The maximum atomic E-state index is 13.2. The minimum absolute atomic E-state index is 0.134. The molecule has 1 amide bonds. The zero-order valence-corrected chi connectivity index (χ0v) is 17.0. The number of aromatic nitrogens is 3. The molecule has 4 rings (SSSR count). The van der Waals surface area contributed by atoms with Crippen LogP contribution in [0.5, 0.6) is 0 Å². The summed E-state index contributed by atoms with van der Waals surface area (Å²) in [5.74, 6) is 0.357. The molecular weight excluding hydrogens is 380 g/mol. The van der Waals surface area contributed by atoms with E-state index in [9.17, 15) is 4.79 Å². The molecule has 5 nitrogen and oxygen atoms in total. The molecule has 0 unspecified atom stereocenters. The molecule has 1 saturated carbocycles. The standard InChI is InChI=1S/C20H23ClN4OS/c1-14-16(21)7-8-17-18(14)23-20(27-17)25(19(26)15-5-2-3-6-15)11-4-10-24-12-9-22-13-24/h7-9,12-13,15H,2-6,10-11H2,1H3. The molecule has 27 heavy (non-hydrogen) atoms. The average Bonchev–Trinajstić information content (AvgIpc) is 3.42. The van der Waals surface area contributed by atoms with Crippen LogP contribution in [-0.4, -0.2) is 27.0 Å². The summed E-state index contributed by atoms with van der Waals surface area (Å²) in [5.41, 5.74) is 1.88. The lowest BCUT2D eigenvalue weighted by Gasteiger charge is -2.23. The lowest BCUT2D eigenvalue weighted by molar-refractivity contribution is -0.122. The molecule has 0 radical (unpaired) electrons. The van der Waals surface area contributed by atoms with Gasteiger partial charge in [-0.1, -0.05) is 35.8 Å². The third kappa shape index (κ3) is 3.87. The smallest absolute Gasteiger partial charge is 0.231 e. The van der Waals surface area contributed by atoms with E-state index in [1.807, 2.05) is 41.0 Å². The van der Waals surface area contributed by atoms with Gasteiger partial charge in [0, 0.05) is 36.4 Å². The van der Waals surface area contributed by atoms with Crippen molar-refractivity contribution in [3.05, 3.63) is 41.4 Å². The predicted molar refractivity (Wildman–Crippen MR) is 111 cm³/mol. The van der Waals surface area contributed by atoms with Crippen molar-refractivity contribution in [1.82, 2.24) is 14.5 Å². The molecule has 0 aliphatic heterocycles. The van der Waals surface area contributed by atoms with E-state index in [-0.39, 0.29) is 11.8 Å². The summed E-state index contributed by atoms with van der Waals surface area (Å²) in [6, 6.07) is 3.90. The Balaban J connectivity index is 1.60. The Kier molecular flexibility index (Phi) is 5.45. The van der Waals surface area contributed by atoms with Gasteiger partial charge in [0.05, 0.1) is 16.5 Å². The van der Waals surface area contributed by atoms with Crippen LogP contribution >= 0.6 is 22.9 Å². The molecule has 0 saturated heterocycles. The topological polar surface area (TPSA) is 51.0 Å². The first-order valence-electron chi connectivity index (χ1n) is 9.46. The highest BCUT2D eigenvalue weighted by Gasteiger charge is 2.29. The van der Waals surface area contributed by atoms with Gasteiger partial charge in [-0.2, -0.15) is 0 Å². The number of aryl methyl sites for hydroxylation is 2. The maximum absolute atomic E-state index is 13.2. The summed E-state index contributed by atoms with van der Waals surface area (Å²) in [7, 11) is 0. The number of carbonyl (C=O) groups is 1. The summed E-state index contributed by atoms with van der Waals surface area (Å²) in [4.78, 5) is 24.0.